The maximum Gasteiger partial charge on any atom is 0.574 e. The summed E-state index contributed by atoms with van der Waals surface area (Å²) in [7, 11) is 0. The zero-order valence-corrected chi connectivity index (χ0v) is 10.2. The largest absolute Gasteiger partial charge is 0.574 e. The summed E-state index contributed by atoms with van der Waals surface area (Å²) in [5.74, 6) is -1.11. The fourth-order valence-electron chi connectivity index (χ4n) is 1.06. The number of ether oxygens (including phenoxy) is 1. The van der Waals surface area contributed by atoms with E-state index in [9.17, 15) is 23.3 Å². The zero-order valence-electron chi connectivity index (χ0n) is 7.99. The van der Waals surface area contributed by atoms with Gasteiger partial charge in [-0.05, 0) is 22.6 Å². The second-order valence-corrected chi connectivity index (χ2v) is 3.91. The lowest BCUT2D eigenvalue weighted by atomic mass is 10.2. The first-order chi connectivity index (χ1) is 7.76. The van der Waals surface area contributed by atoms with Crippen molar-refractivity contribution in [2.24, 2.45) is 5.73 Å². The molecule has 6 nitrogen and oxygen atoms in total. The first-order valence-corrected chi connectivity index (χ1v) is 5.11. The Morgan fingerprint density at radius 2 is 2.18 bits per heavy atom. The third-order valence-electron chi connectivity index (χ3n) is 1.67. The zero-order chi connectivity index (χ0) is 13.2. The van der Waals surface area contributed by atoms with Gasteiger partial charge in [0.15, 0.2) is 0 Å². The molecule has 0 aromatic carbocycles. The number of hydrogen-bond acceptors (Lipinski definition) is 5. The molecule has 0 atom stereocenters. The van der Waals surface area contributed by atoms with Gasteiger partial charge in [-0.15, -0.1) is 13.2 Å². The molecule has 2 N–H and O–H groups in total. The molecule has 0 spiro atoms. The molecule has 0 fully saturated rings. The highest BCUT2D eigenvalue weighted by Crippen LogP contribution is 2.34. The molecule has 0 aliphatic rings. The molecule has 1 heterocycles. The molecule has 0 saturated carbocycles. The molecule has 0 aliphatic carbocycles. The number of aromatic nitrogens is 1. The van der Waals surface area contributed by atoms with E-state index < -0.39 is 22.9 Å². The molecule has 0 saturated heterocycles. The second kappa shape index (κ2) is 5.00. The van der Waals surface area contributed by atoms with E-state index in [4.69, 9.17) is 5.73 Å². The Balaban J connectivity index is 3.36. The molecule has 10 heteroatoms. The molecule has 1 rings (SSSR count). The van der Waals surface area contributed by atoms with E-state index in [1.165, 1.54) is 0 Å². The van der Waals surface area contributed by atoms with Crippen LogP contribution in [-0.2, 0) is 6.54 Å². The van der Waals surface area contributed by atoms with Gasteiger partial charge >= 0.3 is 17.9 Å². The molecule has 0 amide bonds. The molecule has 1 aromatic rings. The fraction of sp³-hybridized carbons (Fsp3) is 0.286. The van der Waals surface area contributed by atoms with Gasteiger partial charge in [-0.3, -0.25) is 10.1 Å². The van der Waals surface area contributed by atoms with Crippen LogP contribution in [0.3, 0.4) is 0 Å². The fourth-order valence-corrected chi connectivity index (χ4v) is 1.68. The summed E-state index contributed by atoms with van der Waals surface area (Å²) in [6, 6.07) is 0. The van der Waals surface area contributed by atoms with Crippen LogP contribution in [-0.4, -0.2) is 16.3 Å². The van der Waals surface area contributed by atoms with Crippen molar-refractivity contribution < 1.29 is 22.8 Å². The molecule has 1 aromatic heterocycles. The summed E-state index contributed by atoms with van der Waals surface area (Å²) in [5, 5.41) is 10.7. The molecule has 0 bridgehead atoms. The van der Waals surface area contributed by atoms with Crippen LogP contribution in [0.1, 0.15) is 5.56 Å². The first kappa shape index (κ1) is 13.9. The Hall–Kier alpha value is -1.17. The lowest BCUT2D eigenvalue weighted by molar-refractivity contribution is -0.390. The summed E-state index contributed by atoms with van der Waals surface area (Å²) < 4.78 is 39.8. The van der Waals surface area contributed by atoms with E-state index in [1.54, 1.807) is 22.6 Å². The number of pyridine rings is 1. The minimum absolute atomic E-state index is 0.0511. The van der Waals surface area contributed by atoms with Crippen molar-refractivity contribution >= 4 is 28.3 Å². The number of alkyl halides is 3. The normalized spacial score (nSPS) is 11.4. The number of halogens is 4. The third kappa shape index (κ3) is 3.39. The standard InChI is InChI=1S/C7H5F3IN3O3/c8-7(9,10)17-6-5(14(15)16)3(1-12)4(11)2-13-6/h2H,1,12H2. The number of nitrogens with two attached hydrogens (primary N) is 1. The summed E-state index contributed by atoms with van der Waals surface area (Å²) >= 11 is 1.69. The Morgan fingerprint density at radius 3 is 2.59 bits per heavy atom. The van der Waals surface area contributed by atoms with Gasteiger partial charge in [-0.25, -0.2) is 4.98 Å². The summed E-state index contributed by atoms with van der Waals surface area (Å²) in [6.45, 7) is -0.286. The van der Waals surface area contributed by atoms with Crippen molar-refractivity contribution in [3.63, 3.8) is 0 Å². The van der Waals surface area contributed by atoms with Crippen LogP contribution in [0.25, 0.3) is 0 Å². The van der Waals surface area contributed by atoms with Crippen LogP contribution in [0.5, 0.6) is 5.88 Å². The van der Waals surface area contributed by atoms with Gasteiger partial charge in [0.05, 0.1) is 10.5 Å². The van der Waals surface area contributed by atoms with Gasteiger partial charge in [0.1, 0.15) is 0 Å². The first-order valence-electron chi connectivity index (χ1n) is 4.04. The van der Waals surface area contributed by atoms with E-state index in [1.807, 2.05) is 0 Å². The highest BCUT2D eigenvalue weighted by molar-refractivity contribution is 14.1. The number of hydrogen-bond donors (Lipinski definition) is 1. The van der Waals surface area contributed by atoms with Crippen molar-refractivity contribution in [2.45, 2.75) is 12.9 Å². The lowest BCUT2D eigenvalue weighted by Gasteiger charge is -2.10. The van der Waals surface area contributed by atoms with E-state index in [0.29, 0.717) is 3.57 Å². The quantitative estimate of drug-likeness (QED) is 0.504. The highest BCUT2D eigenvalue weighted by Gasteiger charge is 2.37. The Morgan fingerprint density at radius 1 is 1.59 bits per heavy atom. The van der Waals surface area contributed by atoms with Gasteiger partial charge < -0.3 is 10.5 Å². The summed E-state index contributed by atoms with van der Waals surface area (Å²) in [6.07, 6.45) is -4.02. The molecule has 17 heavy (non-hydrogen) atoms. The van der Waals surface area contributed by atoms with Crippen LogP contribution in [0, 0.1) is 13.7 Å². The smallest absolute Gasteiger partial charge is 0.381 e. The van der Waals surface area contributed by atoms with Crippen molar-refractivity contribution in [1.82, 2.24) is 4.98 Å². The van der Waals surface area contributed by atoms with Gasteiger partial charge in [0.25, 0.3) is 0 Å². The van der Waals surface area contributed by atoms with Gasteiger partial charge in [0.2, 0.25) is 0 Å². The highest BCUT2D eigenvalue weighted by atomic mass is 127. The van der Waals surface area contributed by atoms with Gasteiger partial charge in [-0.1, -0.05) is 0 Å². The molecule has 0 aliphatic heterocycles. The predicted octanol–water partition coefficient (Wildman–Crippen LogP) is 1.95. The van der Waals surface area contributed by atoms with E-state index >= 15 is 0 Å². The number of rotatable bonds is 3. The SMILES string of the molecule is NCc1c(I)cnc(OC(F)(F)F)c1[N+](=O)[O-]. The third-order valence-corrected chi connectivity index (χ3v) is 2.60. The average Bonchev–Trinajstić information content (AvgIpc) is 2.17. The van der Waals surface area contributed by atoms with Crippen LogP contribution < -0.4 is 10.5 Å². The maximum atomic E-state index is 12.0. The van der Waals surface area contributed by atoms with Crippen molar-refractivity contribution in [3.8, 4) is 5.88 Å². The molecule has 94 valence electrons. The molecule has 0 unspecified atom stereocenters. The van der Waals surface area contributed by atoms with Gasteiger partial charge in [0, 0.05) is 16.3 Å². The summed E-state index contributed by atoms with van der Waals surface area (Å²) in [5.41, 5.74) is 4.33. The number of nitro groups is 1. The monoisotopic (exact) mass is 363 g/mol. The summed E-state index contributed by atoms with van der Waals surface area (Å²) in [4.78, 5) is 12.9. The Kier molecular flexibility index (Phi) is 4.08. The van der Waals surface area contributed by atoms with E-state index in [-0.39, 0.29) is 12.1 Å². The Labute approximate surface area is 106 Å². The molecular formula is C7H5F3IN3O3. The predicted molar refractivity (Wildman–Crippen MR) is 58.2 cm³/mol. The molecular weight excluding hydrogens is 358 g/mol. The second-order valence-electron chi connectivity index (χ2n) is 2.75. The van der Waals surface area contributed by atoms with E-state index in [0.717, 1.165) is 6.20 Å². The molecule has 0 radical (unpaired) electrons. The lowest BCUT2D eigenvalue weighted by Crippen LogP contribution is -2.20. The van der Waals surface area contributed by atoms with Crippen molar-refractivity contribution in [2.75, 3.05) is 0 Å². The van der Waals surface area contributed by atoms with Gasteiger partial charge in [-0.2, -0.15) is 0 Å². The van der Waals surface area contributed by atoms with Crippen LogP contribution in [0.15, 0.2) is 6.20 Å². The van der Waals surface area contributed by atoms with Crippen molar-refractivity contribution in [3.05, 3.63) is 25.4 Å². The topological polar surface area (TPSA) is 91.3 Å². The van der Waals surface area contributed by atoms with Crippen LogP contribution >= 0.6 is 22.6 Å². The Bertz CT molecular complexity index is 452. The minimum atomic E-state index is -5.05. The number of nitrogens with zero attached hydrogens (tertiary/aromatic N) is 2. The van der Waals surface area contributed by atoms with Crippen LogP contribution in [0.4, 0.5) is 18.9 Å². The van der Waals surface area contributed by atoms with Crippen LogP contribution in [0.2, 0.25) is 0 Å². The maximum absolute atomic E-state index is 12.0. The minimum Gasteiger partial charge on any atom is -0.381 e. The van der Waals surface area contributed by atoms with Crippen molar-refractivity contribution in [1.29, 1.82) is 0 Å². The average molecular weight is 363 g/mol. The van der Waals surface area contributed by atoms with E-state index in [2.05, 4.69) is 9.72 Å².